The molecule has 1 aromatic rings. The molecule has 1 heterocycles. The van der Waals surface area contributed by atoms with E-state index in [2.05, 4.69) is 5.32 Å². The van der Waals surface area contributed by atoms with Gasteiger partial charge in [-0.15, -0.1) is 0 Å². The number of carbonyl (C=O) groups excluding carboxylic acids is 2. The largest absolute Gasteiger partial charge is 0.396 e. The van der Waals surface area contributed by atoms with Crippen molar-refractivity contribution < 1.29 is 18.0 Å². The third kappa shape index (κ3) is 2.98. The number of nitrogens with two attached hydrogens (primary N) is 2. The quantitative estimate of drug-likeness (QED) is 0.507. The highest BCUT2D eigenvalue weighted by Crippen LogP contribution is 2.27. The monoisotopic (exact) mass is 312 g/mol. The van der Waals surface area contributed by atoms with Crippen molar-refractivity contribution in [3.63, 3.8) is 0 Å². The second-order valence-electron chi connectivity index (χ2n) is 4.79. The summed E-state index contributed by atoms with van der Waals surface area (Å²) in [4.78, 5) is 24.2. The maximum atomic E-state index is 12.0. The van der Waals surface area contributed by atoms with Crippen LogP contribution in [0.4, 0.5) is 11.4 Å². The molecule has 0 spiro atoms. The van der Waals surface area contributed by atoms with Gasteiger partial charge in [-0.1, -0.05) is 6.07 Å². The van der Waals surface area contributed by atoms with Gasteiger partial charge < -0.3 is 11.1 Å². The summed E-state index contributed by atoms with van der Waals surface area (Å²) in [5.41, 5.74) is 6.03. The number of likely N-dealkylation sites (tertiary alicyclic amines) is 1. The highest BCUT2D eigenvalue weighted by atomic mass is 32.2. The highest BCUT2D eigenvalue weighted by Gasteiger charge is 2.32. The van der Waals surface area contributed by atoms with E-state index >= 15 is 0 Å². The Balaban J connectivity index is 2.29. The van der Waals surface area contributed by atoms with Gasteiger partial charge in [-0.2, -0.15) is 0 Å². The van der Waals surface area contributed by atoms with Crippen molar-refractivity contribution in [1.29, 1.82) is 0 Å². The van der Waals surface area contributed by atoms with Gasteiger partial charge in [0.2, 0.25) is 15.9 Å². The molecule has 1 fully saturated rings. The maximum absolute atomic E-state index is 12.0. The molecule has 114 valence electrons. The summed E-state index contributed by atoms with van der Waals surface area (Å²) in [6.07, 6.45) is 0.551. The maximum Gasteiger partial charge on any atom is 0.251 e. The zero-order chi connectivity index (χ0) is 15.8. The van der Waals surface area contributed by atoms with Crippen LogP contribution in [-0.4, -0.2) is 38.2 Å². The number of primary sulfonamides is 1. The topological polar surface area (TPSA) is 136 Å². The minimum absolute atomic E-state index is 0.0487. The van der Waals surface area contributed by atoms with Crippen LogP contribution in [0.1, 0.15) is 12.8 Å². The molecule has 8 nitrogen and oxygen atoms in total. The van der Waals surface area contributed by atoms with Crippen molar-refractivity contribution in [2.24, 2.45) is 5.14 Å². The number of hydrogen-bond donors (Lipinski definition) is 3. The fourth-order valence-corrected chi connectivity index (χ4v) is 2.84. The van der Waals surface area contributed by atoms with Crippen LogP contribution in [0.5, 0.6) is 0 Å². The predicted molar refractivity (Wildman–Crippen MR) is 76.6 cm³/mol. The minimum atomic E-state index is -3.94. The SMILES string of the molecule is CN1C(=O)CCC(Nc2cccc(S(N)(=O)=O)c2N)C1=O. The molecular formula is C12H16N4O4S. The molecule has 21 heavy (non-hydrogen) atoms. The number of imide groups is 1. The molecule has 2 amide bonds. The van der Waals surface area contributed by atoms with Crippen LogP contribution in [0, 0.1) is 0 Å². The van der Waals surface area contributed by atoms with Gasteiger partial charge in [-0.3, -0.25) is 14.5 Å². The van der Waals surface area contributed by atoms with Crippen molar-refractivity contribution in [2.45, 2.75) is 23.8 Å². The number of amides is 2. The van der Waals surface area contributed by atoms with Gasteiger partial charge in [0.1, 0.15) is 10.9 Å². The van der Waals surface area contributed by atoms with E-state index in [0.29, 0.717) is 12.1 Å². The molecule has 5 N–H and O–H groups in total. The van der Waals surface area contributed by atoms with Gasteiger partial charge in [0.25, 0.3) is 5.91 Å². The summed E-state index contributed by atoms with van der Waals surface area (Å²) in [6.45, 7) is 0. The molecule has 0 radical (unpaired) electrons. The molecule has 2 rings (SSSR count). The second-order valence-corrected chi connectivity index (χ2v) is 6.32. The van der Waals surface area contributed by atoms with Crippen molar-refractivity contribution >= 4 is 33.2 Å². The zero-order valence-electron chi connectivity index (χ0n) is 11.4. The third-order valence-corrected chi connectivity index (χ3v) is 4.32. The summed E-state index contributed by atoms with van der Waals surface area (Å²) in [7, 11) is -2.54. The van der Waals surface area contributed by atoms with Gasteiger partial charge in [0.15, 0.2) is 0 Å². The lowest BCUT2D eigenvalue weighted by Crippen LogP contribution is -2.48. The van der Waals surface area contributed by atoms with Crippen molar-refractivity contribution in [1.82, 2.24) is 4.90 Å². The van der Waals surface area contributed by atoms with Gasteiger partial charge >= 0.3 is 0 Å². The van der Waals surface area contributed by atoms with E-state index in [0.717, 1.165) is 4.90 Å². The number of nitrogens with zero attached hydrogens (tertiary/aromatic N) is 1. The molecule has 1 aliphatic rings. The van der Waals surface area contributed by atoms with Crippen LogP contribution in [0.2, 0.25) is 0 Å². The predicted octanol–water partition coefficient (Wildman–Crippen LogP) is -0.524. The Kier molecular flexibility index (Phi) is 3.88. The van der Waals surface area contributed by atoms with Crippen LogP contribution >= 0.6 is 0 Å². The number of para-hydroxylation sites is 1. The lowest BCUT2D eigenvalue weighted by molar-refractivity contribution is -0.146. The van der Waals surface area contributed by atoms with Crippen molar-refractivity contribution in [3.05, 3.63) is 18.2 Å². The number of sulfonamides is 1. The molecule has 0 saturated carbocycles. The molecule has 1 atom stereocenters. The molecule has 0 aromatic heterocycles. The summed E-state index contributed by atoms with van der Waals surface area (Å²) in [5.74, 6) is -0.629. The summed E-state index contributed by atoms with van der Waals surface area (Å²) < 4.78 is 22.8. The van der Waals surface area contributed by atoms with E-state index in [9.17, 15) is 18.0 Å². The van der Waals surface area contributed by atoms with Crippen LogP contribution in [0.25, 0.3) is 0 Å². The van der Waals surface area contributed by atoms with E-state index in [1.165, 1.54) is 19.2 Å². The summed E-state index contributed by atoms with van der Waals surface area (Å²) in [5, 5.41) is 7.95. The Morgan fingerprint density at radius 3 is 2.62 bits per heavy atom. The fraction of sp³-hybridized carbons (Fsp3) is 0.333. The van der Waals surface area contributed by atoms with Gasteiger partial charge in [0, 0.05) is 13.5 Å². The van der Waals surface area contributed by atoms with Gasteiger partial charge in [-0.05, 0) is 18.6 Å². The molecule has 1 aromatic carbocycles. The minimum Gasteiger partial charge on any atom is -0.396 e. The van der Waals surface area contributed by atoms with Crippen molar-refractivity contribution in [2.75, 3.05) is 18.1 Å². The number of likely N-dealkylation sites (N-methyl/N-ethyl adjacent to an activating group) is 1. The zero-order valence-corrected chi connectivity index (χ0v) is 12.2. The number of hydrogen-bond acceptors (Lipinski definition) is 6. The van der Waals surface area contributed by atoms with Crippen LogP contribution in [0.3, 0.4) is 0 Å². The average molecular weight is 312 g/mol. The first-order chi connectivity index (χ1) is 9.71. The molecular weight excluding hydrogens is 296 g/mol. The Bertz CT molecular complexity index is 701. The second kappa shape index (κ2) is 5.34. The normalized spacial score (nSPS) is 19.7. The molecule has 0 bridgehead atoms. The Morgan fingerprint density at radius 1 is 1.33 bits per heavy atom. The van der Waals surface area contributed by atoms with Crippen molar-refractivity contribution in [3.8, 4) is 0 Å². The van der Waals surface area contributed by atoms with E-state index < -0.39 is 16.1 Å². The van der Waals surface area contributed by atoms with Crippen LogP contribution in [0.15, 0.2) is 23.1 Å². The lowest BCUT2D eigenvalue weighted by Gasteiger charge is -2.29. The summed E-state index contributed by atoms with van der Waals surface area (Å²) in [6, 6.07) is 3.67. The highest BCUT2D eigenvalue weighted by molar-refractivity contribution is 7.89. The number of nitrogens with one attached hydrogen (secondary N) is 1. The first-order valence-corrected chi connectivity index (χ1v) is 7.74. The lowest BCUT2D eigenvalue weighted by atomic mass is 10.0. The van der Waals surface area contributed by atoms with E-state index in [4.69, 9.17) is 10.9 Å². The fourth-order valence-electron chi connectivity index (χ4n) is 2.16. The van der Waals surface area contributed by atoms with Gasteiger partial charge in [-0.25, -0.2) is 13.6 Å². The molecule has 0 aliphatic carbocycles. The number of carbonyl (C=O) groups is 2. The third-order valence-electron chi connectivity index (χ3n) is 3.35. The molecule has 1 unspecified atom stereocenters. The number of piperidine rings is 1. The number of nitrogen functional groups attached to an aromatic ring is 1. The van der Waals surface area contributed by atoms with E-state index in [-0.39, 0.29) is 28.8 Å². The first-order valence-electron chi connectivity index (χ1n) is 6.20. The average Bonchev–Trinajstić information content (AvgIpc) is 2.40. The summed E-state index contributed by atoms with van der Waals surface area (Å²) >= 11 is 0. The Labute approximate surface area is 122 Å². The first kappa shape index (κ1) is 15.3. The molecule has 1 saturated heterocycles. The molecule has 9 heteroatoms. The van der Waals surface area contributed by atoms with Crippen LogP contribution in [-0.2, 0) is 19.6 Å². The molecule has 1 aliphatic heterocycles. The van der Waals surface area contributed by atoms with Crippen LogP contribution < -0.4 is 16.2 Å². The Morgan fingerprint density at radius 2 is 2.00 bits per heavy atom. The van der Waals surface area contributed by atoms with Gasteiger partial charge in [0.05, 0.1) is 11.4 Å². The smallest absolute Gasteiger partial charge is 0.251 e. The number of anilines is 2. The Hall–Kier alpha value is -2.13. The number of benzene rings is 1. The van der Waals surface area contributed by atoms with E-state index in [1.54, 1.807) is 6.07 Å². The number of rotatable bonds is 3. The van der Waals surface area contributed by atoms with E-state index in [1.807, 2.05) is 0 Å². The standard InChI is InChI=1S/C12H16N4O4S/c1-16-10(17)6-5-8(12(16)18)15-7-3-2-4-9(11(7)13)21(14,19)20/h2-4,8,15H,5-6,13H2,1H3,(H2,14,19,20).